The van der Waals surface area contributed by atoms with Crippen LogP contribution in [0.3, 0.4) is 0 Å². The normalized spacial score (nSPS) is 12.2. The van der Waals surface area contributed by atoms with Crippen molar-refractivity contribution < 1.29 is 9.84 Å². The van der Waals surface area contributed by atoms with Crippen LogP contribution in [0.25, 0.3) is 0 Å². The van der Waals surface area contributed by atoms with E-state index in [2.05, 4.69) is 4.98 Å². The Morgan fingerprint density at radius 2 is 2.11 bits per heavy atom. The maximum atomic E-state index is 9.64. The molecule has 0 radical (unpaired) electrons. The van der Waals surface area contributed by atoms with Crippen LogP contribution >= 0.6 is 11.6 Å². The highest BCUT2D eigenvalue weighted by atomic mass is 35.5. The van der Waals surface area contributed by atoms with Gasteiger partial charge < -0.3 is 9.84 Å². The van der Waals surface area contributed by atoms with E-state index in [1.54, 1.807) is 31.3 Å². The number of ether oxygens (including phenoxy) is 1. The van der Waals surface area contributed by atoms with Crippen LogP contribution in [0.5, 0.6) is 11.6 Å². The quantitative estimate of drug-likeness (QED) is 0.914. The Balaban J connectivity index is 2.34. The Morgan fingerprint density at radius 3 is 2.78 bits per heavy atom. The number of aromatic nitrogens is 1. The molecule has 0 spiro atoms. The van der Waals surface area contributed by atoms with E-state index in [1.807, 2.05) is 19.1 Å². The molecule has 1 aromatic heterocycles. The van der Waals surface area contributed by atoms with Crippen LogP contribution in [0, 0.1) is 6.92 Å². The van der Waals surface area contributed by atoms with Crippen LogP contribution in [-0.2, 0) is 0 Å². The molecule has 0 amide bonds. The fourth-order valence-electron chi connectivity index (χ4n) is 1.60. The molecule has 0 aliphatic carbocycles. The molecule has 94 valence electrons. The first-order valence-electron chi connectivity index (χ1n) is 5.65. The van der Waals surface area contributed by atoms with E-state index in [0.717, 1.165) is 5.56 Å². The minimum atomic E-state index is -0.641. The summed E-state index contributed by atoms with van der Waals surface area (Å²) in [5, 5.41) is 10.2. The highest BCUT2D eigenvalue weighted by Crippen LogP contribution is 2.32. The molecule has 2 aromatic rings. The van der Waals surface area contributed by atoms with Crippen LogP contribution in [0.2, 0.25) is 5.02 Å². The molecule has 4 heteroatoms. The third-order valence-electron chi connectivity index (χ3n) is 2.54. The molecule has 1 heterocycles. The first-order valence-corrected chi connectivity index (χ1v) is 6.02. The van der Waals surface area contributed by atoms with Gasteiger partial charge in [0.25, 0.3) is 0 Å². The maximum absolute atomic E-state index is 9.64. The largest absolute Gasteiger partial charge is 0.437 e. The molecule has 1 N–H and O–H groups in total. The first kappa shape index (κ1) is 12.9. The zero-order chi connectivity index (χ0) is 13.1. The van der Waals surface area contributed by atoms with Crippen LogP contribution in [0.4, 0.5) is 0 Å². The third-order valence-corrected chi connectivity index (χ3v) is 2.84. The number of halogens is 1. The van der Waals surface area contributed by atoms with Crippen molar-refractivity contribution in [2.24, 2.45) is 0 Å². The van der Waals surface area contributed by atoms with Gasteiger partial charge in [-0.05, 0) is 43.7 Å². The Bertz CT molecular complexity index is 555. The predicted molar refractivity (Wildman–Crippen MR) is 71.1 cm³/mol. The Kier molecular flexibility index (Phi) is 3.84. The summed E-state index contributed by atoms with van der Waals surface area (Å²) < 4.78 is 5.65. The monoisotopic (exact) mass is 263 g/mol. The molecule has 0 saturated carbocycles. The zero-order valence-electron chi connectivity index (χ0n) is 10.2. The molecule has 0 bridgehead atoms. The van der Waals surface area contributed by atoms with Crippen molar-refractivity contribution in [2.45, 2.75) is 20.0 Å². The number of rotatable bonds is 3. The molecule has 1 atom stereocenters. The molecule has 0 fully saturated rings. The second-order valence-corrected chi connectivity index (χ2v) is 4.52. The fraction of sp³-hybridized carbons (Fsp3) is 0.214. The summed E-state index contributed by atoms with van der Waals surface area (Å²) in [6.07, 6.45) is 0.974. The van der Waals surface area contributed by atoms with Crippen molar-refractivity contribution in [1.82, 2.24) is 4.98 Å². The smallest absolute Gasteiger partial charge is 0.225 e. The number of aliphatic hydroxyl groups is 1. The van der Waals surface area contributed by atoms with E-state index in [4.69, 9.17) is 16.3 Å². The Hall–Kier alpha value is -1.58. The number of aliphatic hydroxyl groups excluding tert-OH is 1. The molecular formula is C14H14ClNO2. The summed E-state index contributed by atoms with van der Waals surface area (Å²) in [7, 11) is 0. The van der Waals surface area contributed by atoms with Gasteiger partial charge in [0.2, 0.25) is 5.88 Å². The molecule has 1 aromatic carbocycles. The first-order chi connectivity index (χ1) is 8.58. The van der Waals surface area contributed by atoms with Crippen molar-refractivity contribution >= 4 is 11.6 Å². The lowest BCUT2D eigenvalue weighted by molar-refractivity contribution is 0.194. The molecule has 0 aliphatic heterocycles. The van der Waals surface area contributed by atoms with Crippen molar-refractivity contribution in [3.05, 3.63) is 52.7 Å². The van der Waals surface area contributed by atoms with Crippen LogP contribution < -0.4 is 4.74 Å². The van der Waals surface area contributed by atoms with Gasteiger partial charge in [0.1, 0.15) is 5.75 Å². The van der Waals surface area contributed by atoms with Crippen molar-refractivity contribution in [2.75, 3.05) is 0 Å². The lowest BCUT2D eigenvalue weighted by atomic mass is 10.2. The standard InChI is InChI=1S/C14H14ClNO2/c1-9-5-6-13(12(15)8-9)18-14-11(10(2)17)4-3-7-16-14/h3-8,10,17H,1-2H3/t10-/m0/s1. The summed E-state index contributed by atoms with van der Waals surface area (Å²) in [5.74, 6) is 0.904. The van der Waals surface area contributed by atoms with E-state index >= 15 is 0 Å². The van der Waals surface area contributed by atoms with Gasteiger partial charge in [-0.3, -0.25) is 0 Å². The second-order valence-electron chi connectivity index (χ2n) is 4.11. The van der Waals surface area contributed by atoms with Crippen LogP contribution in [0.1, 0.15) is 24.2 Å². The average molecular weight is 264 g/mol. The van der Waals surface area contributed by atoms with Crippen LogP contribution in [-0.4, -0.2) is 10.1 Å². The minimum Gasteiger partial charge on any atom is -0.437 e. The topological polar surface area (TPSA) is 42.4 Å². The second kappa shape index (κ2) is 5.38. The van der Waals surface area contributed by atoms with Gasteiger partial charge in [0.05, 0.1) is 11.1 Å². The number of hydrogen-bond donors (Lipinski definition) is 1. The van der Waals surface area contributed by atoms with Gasteiger partial charge in [-0.25, -0.2) is 4.98 Å². The summed E-state index contributed by atoms with van der Waals surface area (Å²) in [6, 6.07) is 9.05. The van der Waals surface area contributed by atoms with Crippen molar-refractivity contribution in [1.29, 1.82) is 0 Å². The van der Waals surface area contributed by atoms with Crippen LogP contribution in [0.15, 0.2) is 36.5 Å². The molecule has 0 saturated heterocycles. The van der Waals surface area contributed by atoms with E-state index < -0.39 is 6.10 Å². The lowest BCUT2D eigenvalue weighted by Crippen LogP contribution is -1.98. The summed E-state index contributed by atoms with van der Waals surface area (Å²) in [4.78, 5) is 4.12. The molecule has 3 nitrogen and oxygen atoms in total. The SMILES string of the molecule is Cc1ccc(Oc2ncccc2[C@H](C)O)c(Cl)c1. The summed E-state index contributed by atoms with van der Waals surface area (Å²) in [6.45, 7) is 3.62. The zero-order valence-corrected chi connectivity index (χ0v) is 11.0. The van der Waals surface area contributed by atoms with Crippen molar-refractivity contribution in [3.8, 4) is 11.6 Å². The van der Waals surface area contributed by atoms with Gasteiger partial charge in [-0.2, -0.15) is 0 Å². The Labute approximate surface area is 111 Å². The molecular weight excluding hydrogens is 250 g/mol. The number of nitrogens with zero attached hydrogens (tertiary/aromatic N) is 1. The highest BCUT2D eigenvalue weighted by molar-refractivity contribution is 6.32. The van der Waals surface area contributed by atoms with Gasteiger partial charge in [-0.15, -0.1) is 0 Å². The van der Waals surface area contributed by atoms with Gasteiger partial charge >= 0.3 is 0 Å². The highest BCUT2D eigenvalue weighted by Gasteiger charge is 2.12. The van der Waals surface area contributed by atoms with E-state index in [0.29, 0.717) is 22.2 Å². The van der Waals surface area contributed by atoms with Gasteiger partial charge in [-0.1, -0.05) is 17.7 Å². The lowest BCUT2D eigenvalue weighted by Gasteiger charge is -2.12. The van der Waals surface area contributed by atoms with E-state index in [1.165, 1.54) is 0 Å². The molecule has 0 aliphatic rings. The van der Waals surface area contributed by atoms with E-state index in [9.17, 15) is 5.11 Å². The average Bonchev–Trinajstić information content (AvgIpc) is 2.33. The summed E-state index contributed by atoms with van der Waals surface area (Å²) >= 11 is 6.10. The number of pyridine rings is 1. The fourth-order valence-corrected chi connectivity index (χ4v) is 1.87. The van der Waals surface area contributed by atoms with Crippen molar-refractivity contribution in [3.63, 3.8) is 0 Å². The number of benzene rings is 1. The molecule has 0 unspecified atom stereocenters. The van der Waals surface area contributed by atoms with Gasteiger partial charge in [0.15, 0.2) is 0 Å². The Morgan fingerprint density at radius 1 is 1.33 bits per heavy atom. The third kappa shape index (κ3) is 2.81. The van der Waals surface area contributed by atoms with Gasteiger partial charge in [0, 0.05) is 11.8 Å². The number of aryl methyl sites for hydroxylation is 1. The molecule has 18 heavy (non-hydrogen) atoms. The predicted octanol–water partition coefficient (Wildman–Crippen LogP) is 3.89. The maximum Gasteiger partial charge on any atom is 0.225 e. The van der Waals surface area contributed by atoms with E-state index in [-0.39, 0.29) is 0 Å². The number of hydrogen-bond acceptors (Lipinski definition) is 3. The minimum absolute atomic E-state index is 0.373. The summed E-state index contributed by atoms with van der Waals surface area (Å²) in [5.41, 5.74) is 1.69. The molecule has 2 rings (SSSR count).